The van der Waals surface area contributed by atoms with Crippen LogP contribution < -0.4 is 10.6 Å². The second kappa shape index (κ2) is 7.47. The van der Waals surface area contributed by atoms with Crippen molar-refractivity contribution in [2.75, 3.05) is 5.32 Å². The first-order valence-corrected chi connectivity index (χ1v) is 8.38. The fraction of sp³-hybridized carbons (Fsp3) is 0.350. The molecular formula is C20H25N3O2. The molecule has 0 unspecified atom stereocenters. The quantitative estimate of drug-likeness (QED) is 0.891. The minimum atomic E-state index is -0.355. The smallest absolute Gasteiger partial charge is 0.257 e. The average Bonchev–Trinajstić information content (AvgIpc) is 2.55. The second-order valence-corrected chi connectivity index (χ2v) is 7.08. The van der Waals surface area contributed by atoms with Gasteiger partial charge in [0.25, 0.3) is 11.8 Å². The van der Waals surface area contributed by atoms with Crippen molar-refractivity contribution in [2.24, 2.45) is 0 Å². The number of carbonyl (C=O) groups excluding carboxylic acids is 2. The van der Waals surface area contributed by atoms with Crippen molar-refractivity contribution in [2.45, 2.75) is 46.6 Å². The minimum absolute atomic E-state index is 0.250. The number of aryl methyl sites for hydroxylation is 2. The number of nitrogens with one attached hydrogen (secondary N) is 2. The molecule has 0 aliphatic rings. The molecule has 2 rings (SSSR count). The predicted octanol–water partition coefficient (Wildman–Crippen LogP) is 3.73. The molecule has 0 atom stereocenters. The molecule has 1 heterocycles. The first-order valence-electron chi connectivity index (χ1n) is 8.38. The molecular weight excluding hydrogens is 314 g/mol. The number of nitrogens with zero attached hydrogens (tertiary/aromatic N) is 1. The SMILES string of the molecule is CCc1cccc(C)c1NC(=O)c1cncc(C(=O)NC(C)(C)C)c1. The molecule has 1 aromatic heterocycles. The van der Waals surface area contributed by atoms with E-state index in [4.69, 9.17) is 0 Å². The fourth-order valence-corrected chi connectivity index (χ4v) is 2.49. The summed E-state index contributed by atoms with van der Waals surface area (Å²) in [5.41, 5.74) is 3.26. The predicted molar refractivity (Wildman–Crippen MR) is 100.0 cm³/mol. The molecule has 0 bridgehead atoms. The summed E-state index contributed by atoms with van der Waals surface area (Å²) >= 11 is 0. The molecule has 0 aliphatic carbocycles. The molecule has 1 aromatic carbocycles. The summed E-state index contributed by atoms with van der Waals surface area (Å²) in [4.78, 5) is 28.9. The van der Waals surface area contributed by atoms with Gasteiger partial charge in [0.05, 0.1) is 11.1 Å². The van der Waals surface area contributed by atoms with Crippen molar-refractivity contribution < 1.29 is 9.59 Å². The number of amides is 2. The van der Waals surface area contributed by atoms with Gasteiger partial charge in [-0.1, -0.05) is 25.1 Å². The van der Waals surface area contributed by atoms with E-state index in [0.29, 0.717) is 11.1 Å². The maximum atomic E-state index is 12.6. The van der Waals surface area contributed by atoms with Crippen molar-refractivity contribution >= 4 is 17.5 Å². The first kappa shape index (κ1) is 18.6. The maximum absolute atomic E-state index is 12.6. The standard InChI is InChI=1S/C20H25N3O2/c1-6-14-9-7-8-13(2)17(14)22-18(24)15-10-16(12-21-11-15)19(25)23-20(3,4)5/h7-12H,6H2,1-5H3,(H,22,24)(H,23,25). The minimum Gasteiger partial charge on any atom is -0.347 e. The Morgan fingerprint density at radius 2 is 1.72 bits per heavy atom. The summed E-state index contributed by atoms with van der Waals surface area (Å²) in [6.45, 7) is 9.71. The monoisotopic (exact) mass is 339 g/mol. The van der Waals surface area contributed by atoms with E-state index in [-0.39, 0.29) is 17.4 Å². The van der Waals surface area contributed by atoms with E-state index in [1.807, 2.05) is 52.8 Å². The van der Waals surface area contributed by atoms with Crippen LogP contribution in [0, 0.1) is 6.92 Å². The average molecular weight is 339 g/mol. The van der Waals surface area contributed by atoms with Gasteiger partial charge in [0.15, 0.2) is 0 Å². The van der Waals surface area contributed by atoms with Gasteiger partial charge in [0.1, 0.15) is 0 Å². The van der Waals surface area contributed by atoms with E-state index in [9.17, 15) is 9.59 Å². The van der Waals surface area contributed by atoms with E-state index in [1.54, 1.807) is 6.07 Å². The zero-order chi connectivity index (χ0) is 18.6. The number of aromatic nitrogens is 1. The van der Waals surface area contributed by atoms with Crippen LogP contribution in [0.15, 0.2) is 36.7 Å². The lowest BCUT2D eigenvalue weighted by atomic mass is 10.1. The second-order valence-electron chi connectivity index (χ2n) is 7.08. The Morgan fingerprint density at radius 1 is 1.08 bits per heavy atom. The molecule has 0 saturated heterocycles. The van der Waals surface area contributed by atoms with Gasteiger partial charge >= 0.3 is 0 Å². The molecule has 5 nitrogen and oxygen atoms in total. The van der Waals surface area contributed by atoms with E-state index >= 15 is 0 Å². The zero-order valence-corrected chi connectivity index (χ0v) is 15.4. The Labute approximate surface area is 148 Å². The van der Waals surface area contributed by atoms with Gasteiger partial charge < -0.3 is 10.6 Å². The molecule has 132 valence electrons. The number of rotatable bonds is 4. The number of pyridine rings is 1. The summed E-state index contributed by atoms with van der Waals surface area (Å²) < 4.78 is 0. The third-order valence-corrected chi connectivity index (χ3v) is 3.73. The molecule has 2 amide bonds. The Kier molecular flexibility index (Phi) is 5.57. The van der Waals surface area contributed by atoms with E-state index in [1.165, 1.54) is 12.4 Å². The van der Waals surface area contributed by atoms with Crippen molar-refractivity contribution in [3.63, 3.8) is 0 Å². The van der Waals surface area contributed by atoms with Gasteiger partial charge in [-0.05, 0) is 51.3 Å². The number of benzene rings is 1. The van der Waals surface area contributed by atoms with E-state index in [2.05, 4.69) is 15.6 Å². The number of carbonyl (C=O) groups is 2. The summed E-state index contributed by atoms with van der Waals surface area (Å²) in [5.74, 6) is -0.526. The van der Waals surface area contributed by atoms with Crippen LogP contribution in [0.2, 0.25) is 0 Å². The van der Waals surface area contributed by atoms with Crippen molar-refractivity contribution in [1.29, 1.82) is 0 Å². The largest absolute Gasteiger partial charge is 0.347 e. The Morgan fingerprint density at radius 3 is 2.32 bits per heavy atom. The van der Waals surface area contributed by atoms with Crippen LogP contribution >= 0.6 is 0 Å². The lowest BCUT2D eigenvalue weighted by Crippen LogP contribution is -2.40. The van der Waals surface area contributed by atoms with Crippen LogP contribution in [-0.4, -0.2) is 22.3 Å². The van der Waals surface area contributed by atoms with E-state index in [0.717, 1.165) is 23.2 Å². The van der Waals surface area contributed by atoms with Crippen LogP contribution in [0.4, 0.5) is 5.69 Å². The molecule has 0 saturated carbocycles. The van der Waals surface area contributed by atoms with Gasteiger partial charge in [-0.3, -0.25) is 14.6 Å². The molecule has 0 aliphatic heterocycles. The highest BCUT2D eigenvalue weighted by Gasteiger charge is 2.17. The number of hydrogen-bond donors (Lipinski definition) is 2. The van der Waals surface area contributed by atoms with E-state index < -0.39 is 0 Å². The molecule has 0 fully saturated rings. The number of anilines is 1. The lowest BCUT2D eigenvalue weighted by Gasteiger charge is -2.20. The third kappa shape index (κ3) is 4.89. The lowest BCUT2D eigenvalue weighted by molar-refractivity contribution is 0.0919. The van der Waals surface area contributed by atoms with Gasteiger partial charge in [0.2, 0.25) is 0 Å². The fourth-order valence-electron chi connectivity index (χ4n) is 2.49. The van der Waals surface area contributed by atoms with Gasteiger partial charge in [0, 0.05) is 23.6 Å². The Bertz CT molecular complexity index is 792. The van der Waals surface area contributed by atoms with Crippen molar-refractivity contribution in [3.8, 4) is 0 Å². The molecule has 0 spiro atoms. The Hall–Kier alpha value is -2.69. The van der Waals surface area contributed by atoms with Crippen LogP contribution in [0.25, 0.3) is 0 Å². The molecule has 5 heteroatoms. The molecule has 2 aromatic rings. The van der Waals surface area contributed by atoms with Gasteiger partial charge in [-0.15, -0.1) is 0 Å². The zero-order valence-electron chi connectivity index (χ0n) is 15.4. The van der Waals surface area contributed by atoms with Gasteiger partial charge in [-0.2, -0.15) is 0 Å². The maximum Gasteiger partial charge on any atom is 0.257 e. The van der Waals surface area contributed by atoms with Crippen molar-refractivity contribution in [3.05, 3.63) is 58.9 Å². The summed E-state index contributed by atoms with van der Waals surface area (Å²) in [6.07, 6.45) is 3.75. The number of para-hydroxylation sites is 1. The summed E-state index contributed by atoms with van der Waals surface area (Å²) in [5, 5.41) is 5.82. The third-order valence-electron chi connectivity index (χ3n) is 3.73. The van der Waals surface area contributed by atoms with Crippen LogP contribution in [0.5, 0.6) is 0 Å². The Balaban J connectivity index is 2.24. The summed E-state index contributed by atoms with van der Waals surface area (Å²) in [6, 6.07) is 7.49. The molecule has 25 heavy (non-hydrogen) atoms. The number of hydrogen-bond acceptors (Lipinski definition) is 3. The molecule has 2 N–H and O–H groups in total. The first-order chi connectivity index (χ1) is 11.7. The van der Waals surface area contributed by atoms with Crippen LogP contribution in [0.1, 0.15) is 59.5 Å². The normalized spacial score (nSPS) is 11.1. The molecule has 0 radical (unpaired) electrons. The van der Waals surface area contributed by atoms with Crippen molar-refractivity contribution in [1.82, 2.24) is 10.3 Å². The highest BCUT2D eigenvalue weighted by molar-refractivity contribution is 6.06. The van der Waals surface area contributed by atoms with Crippen LogP contribution in [-0.2, 0) is 6.42 Å². The summed E-state index contributed by atoms with van der Waals surface area (Å²) in [7, 11) is 0. The highest BCUT2D eigenvalue weighted by atomic mass is 16.2. The topological polar surface area (TPSA) is 71.1 Å². The van der Waals surface area contributed by atoms with Gasteiger partial charge in [-0.25, -0.2) is 0 Å². The van der Waals surface area contributed by atoms with Crippen LogP contribution in [0.3, 0.4) is 0 Å². The highest BCUT2D eigenvalue weighted by Crippen LogP contribution is 2.22.